The summed E-state index contributed by atoms with van der Waals surface area (Å²) in [5.74, 6) is -0.108. The normalized spacial score (nSPS) is 11.9. The van der Waals surface area contributed by atoms with Crippen LogP contribution in [-0.4, -0.2) is 25.0 Å². The molecule has 2 nitrogen and oxygen atoms in total. The molecule has 2 rings (SSSR count). The number of fused-ring (bicyclic) bond motifs is 1. The van der Waals surface area contributed by atoms with Gasteiger partial charge in [-0.3, -0.25) is 4.90 Å². The minimum Gasteiger partial charge on any atom is -0.315 e. The fourth-order valence-electron chi connectivity index (χ4n) is 2.12. The van der Waals surface area contributed by atoms with Crippen LogP contribution >= 0.6 is 11.3 Å². The quantitative estimate of drug-likeness (QED) is 0.900. The van der Waals surface area contributed by atoms with Gasteiger partial charge < -0.3 is 5.32 Å². The van der Waals surface area contributed by atoms with Crippen LogP contribution in [0.3, 0.4) is 0 Å². The highest BCUT2D eigenvalue weighted by Gasteiger charge is 2.17. The van der Waals surface area contributed by atoms with Crippen molar-refractivity contribution in [3.05, 3.63) is 34.5 Å². The molecule has 1 heterocycles. The molecule has 0 aliphatic heterocycles. The fraction of sp³-hybridized carbons (Fsp3) is 0.467. The third-order valence-corrected chi connectivity index (χ3v) is 4.67. The molecule has 4 heteroatoms. The number of benzene rings is 1. The largest absolute Gasteiger partial charge is 0.315 e. The number of hydrogen-bond donors (Lipinski definition) is 1. The molecular weight excluding hydrogens is 259 g/mol. The van der Waals surface area contributed by atoms with E-state index in [9.17, 15) is 4.39 Å². The molecule has 1 aromatic heterocycles. The van der Waals surface area contributed by atoms with Crippen molar-refractivity contribution in [1.29, 1.82) is 0 Å². The van der Waals surface area contributed by atoms with E-state index in [1.54, 1.807) is 23.5 Å². The third kappa shape index (κ3) is 2.96. The van der Waals surface area contributed by atoms with Crippen LogP contribution in [0, 0.1) is 5.82 Å². The van der Waals surface area contributed by atoms with Gasteiger partial charge >= 0.3 is 0 Å². The van der Waals surface area contributed by atoms with Crippen molar-refractivity contribution in [2.45, 2.75) is 33.0 Å². The summed E-state index contributed by atoms with van der Waals surface area (Å²) >= 11 is 1.69. The molecule has 1 N–H and O–H groups in total. The molecule has 0 bridgehead atoms. The minimum absolute atomic E-state index is 0.108. The predicted octanol–water partition coefficient (Wildman–Crippen LogP) is 3.60. The molecule has 0 spiro atoms. The Morgan fingerprint density at radius 1 is 1.37 bits per heavy atom. The van der Waals surface area contributed by atoms with E-state index in [0.717, 1.165) is 28.7 Å². The molecule has 0 atom stereocenters. The molecule has 0 unspecified atom stereocenters. The van der Waals surface area contributed by atoms with Gasteiger partial charge in [0.2, 0.25) is 0 Å². The van der Waals surface area contributed by atoms with E-state index in [4.69, 9.17) is 0 Å². The molecule has 0 aliphatic carbocycles. The van der Waals surface area contributed by atoms with Crippen molar-refractivity contribution in [1.82, 2.24) is 10.2 Å². The van der Waals surface area contributed by atoms with Gasteiger partial charge in [-0.1, -0.05) is 6.07 Å². The van der Waals surface area contributed by atoms with Crippen LogP contribution in [-0.2, 0) is 13.1 Å². The van der Waals surface area contributed by atoms with Gasteiger partial charge in [-0.2, -0.15) is 0 Å². The first-order chi connectivity index (χ1) is 9.04. The first-order valence-electron chi connectivity index (χ1n) is 6.58. The molecular formula is C15H21FN2S. The van der Waals surface area contributed by atoms with Crippen LogP contribution in [0.15, 0.2) is 18.2 Å². The number of nitrogens with zero attached hydrogens (tertiary/aromatic N) is 1. The summed E-state index contributed by atoms with van der Waals surface area (Å²) in [7, 11) is 4.01. The van der Waals surface area contributed by atoms with Gasteiger partial charge in [-0.05, 0) is 45.6 Å². The second-order valence-corrected chi connectivity index (χ2v) is 6.29. The van der Waals surface area contributed by atoms with Gasteiger partial charge in [0.25, 0.3) is 0 Å². The second kappa shape index (κ2) is 5.99. The summed E-state index contributed by atoms with van der Waals surface area (Å²) in [5, 5.41) is 3.97. The topological polar surface area (TPSA) is 15.3 Å². The van der Waals surface area contributed by atoms with E-state index in [2.05, 4.69) is 31.1 Å². The van der Waals surface area contributed by atoms with E-state index in [1.807, 2.05) is 13.1 Å². The molecule has 0 fully saturated rings. The van der Waals surface area contributed by atoms with Crippen LogP contribution in [0.1, 0.15) is 24.3 Å². The second-order valence-electron chi connectivity index (χ2n) is 5.16. The molecule has 0 amide bonds. The van der Waals surface area contributed by atoms with Gasteiger partial charge in [0.05, 0.1) is 0 Å². The maximum atomic E-state index is 14.1. The maximum absolute atomic E-state index is 14.1. The summed E-state index contributed by atoms with van der Waals surface area (Å²) in [5.41, 5.74) is 1.13. The summed E-state index contributed by atoms with van der Waals surface area (Å²) in [6.07, 6.45) is 0. The van der Waals surface area contributed by atoms with E-state index in [0.29, 0.717) is 6.04 Å². The predicted molar refractivity (Wildman–Crippen MR) is 81.1 cm³/mol. The Kier molecular flexibility index (Phi) is 4.55. The van der Waals surface area contributed by atoms with E-state index >= 15 is 0 Å². The zero-order valence-corrected chi connectivity index (χ0v) is 12.8. The number of thiophene rings is 1. The molecule has 0 saturated carbocycles. The monoisotopic (exact) mass is 280 g/mol. The average Bonchev–Trinajstić information content (AvgIpc) is 2.69. The third-order valence-electron chi connectivity index (χ3n) is 3.47. The van der Waals surface area contributed by atoms with Crippen molar-refractivity contribution in [2.75, 3.05) is 14.1 Å². The molecule has 1 aromatic carbocycles. The van der Waals surface area contributed by atoms with Crippen molar-refractivity contribution >= 4 is 21.4 Å². The SMILES string of the molecule is CNCc1sc2cccc(F)c2c1CN(C)C(C)C. The highest BCUT2D eigenvalue weighted by Crippen LogP contribution is 2.34. The van der Waals surface area contributed by atoms with Crippen LogP contribution in [0.5, 0.6) is 0 Å². The van der Waals surface area contributed by atoms with Crippen molar-refractivity contribution in [3.63, 3.8) is 0 Å². The molecule has 104 valence electrons. The van der Waals surface area contributed by atoms with Crippen LogP contribution in [0.25, 0.3) is 10.1 Å². The Bertz CT molecular complexity index is 563. The average molecular weight is 280 g/mol. The number of rotatable bonds is 5. The number of hydrogen-bond acceptors (Lipinski definition) is 3. The lowest BCUT2D eigenvalue weighted by atomic mass is 10.1. The summed E-state index contributed by atoms with van der Waals surface area (Å²) in [4.78, 5) is 3.47. The highest BCUT2D eigenvalue weighted by molar-refractivity contribution is 7.19. The van der Waals surface area contributed by atoms with E-state index in [1.165, 1.54) is 4.88 Å². The standard InChI is InChI=1S/C15H21FN2S/c1-10(2)18(4)9-11-14(8-17-3)19-13-7-5-6-12(16)15(11)13/h5-7,10,17H,8-9H2,1-4H3. The molecule has 0 saturated heterocycles. The van der Waals surface area contributed by atoms with Crippen LogP contribution in [0.2, 0.25) is 0 Å². The Balaban J connectivity index is 2.51. The molecule has 0 radical (unpaired) electrons. The number of halogens is 1. The molecule has 2 aromatic rings. The van der Waals surface area contributed by atoms with Crippen molar-refractivity contribution in [3.8, 4) is 0 Å². The minimum atomic E-state index is -0.108. The Morgan fingerprint density at radius 3 is 2.74 bits per heavy atom. The summed E-state index contributed by atoms with van der Waals surface area (Å²) < 4.78 is 15.2. The van der Waals surface area contributed by atoms with Crippen LogP contribution in [0.4, 0.5) is 4.39 Å². The fourth-order valence-corrected chi connectivity index (χ4v) is 3.36. The van der Waals surface area contributed by atoms with Crippen LogP contribution < -0.4 is 5.32 Å². The zero-order chi connectivity index (χ0) is 14.0. The lowest BCUT2D eigenvalue weighted by Crippen LogP contribution is -2.26. The summed E-state index contributed by atoms with van der Waals surface area (Å²) in [6, 6.07) is 5.79. The Morgan fingerprint density at radius 2 is 2.11 bits per heavy atom. The van der Waals surface area contributed by atoms with Gasteiger partial charge in [0.15, 0.2) is 0 Å². The molecule has 19 heavy (non-hydrogen) atoms. The Hall–Kier alpha value is -0.970. The highest BCUT2D eigenvalue weighted by atomic mass is 32.1. The van der Waals surface area contributed by atoms with Crippen molar-refractivity contribution in [2.24, 2.45) is 0 Å². The number of nitrogens with one attached hydrogen (secondary N) is 1. The van der Waals surface area contributed by atoms with E-state index < -0.39 is 0 Å². The summed E-state index contributed by atoms with van der Waals surface area (Å²) in [6.45, 7) is 5.89. The lowest BCUT2D eigenvalue weighted by Gasteiger charge is -2.21. The van der Waals surface area contributed by atoms with Gasteiger partial charge in [0, 0.05) is 34.1 Å². The van der Waals surface area contributed by atoms with Gasteiger partial charge in [-0.25, -0.2) is 4.39 Å². The van der Waals surface area contributed by atoms with Gasteiger partial charge in [-0.15, -0.1) is 11.3 Å². The smallest absolute Gasteiger partial charge is 0.132 e. The zero-order valence-electron chi connectivity index (χ0n) is 12.0. The first kappa shape index (κ1) is 14.4. The molecule has 0 aliphatic rings. The van der Waals surface area contributed by atoms with Gasteiger partial charge in [0.1, 0.15) is 5.82 Å². The first-order valence-corrected chi connectivity index (χ1v) is 7.39. The van der Waals surface area contributed by atoms with E-state index in [-0.39, 0.29) is 5.82 Å². The lowest BCUT2D eigenvalue weighted by molar-refractivity contribution is 0.266. The van der Waals surface area contributed by atoms with Crippen molar-refractivity contribution < 1.29 is 4.39 Å². The Labute approximate surface area is 118 Å². The maximum Gasteiger partial charge on any atom is 0.132 e.